The summed E-state index contributed by atoms with van der Waals surface area (Å²) in [6, 6.07) is 6.96. The molecular formula is C16H18ClN3O2. The number of hydrogen-bond donors (Lipinski definition) is 2. The second-order valence-corrected chi connectivity index (χ2v) is 5.95. The predicted molar refractivity (Wildman–Crippen MR) is 85.1 cm³/mol. The Morgan fingerprint density at radius 1 is 1.23 bits per heavy atom. The maximum Gasteiger partial charge on any atom is 0.411 e. The molecule has 0 unspecified atom stereocenters. The molecule has 1 aromatic heterocycles. The molecular weight excluding hydrogens is 302 g/mol. The Bertz CT molecular complexity index is 605. The number of carbonyl (C=O) groups excluding carboxylic acids is 1. The van der Waals surface area contributed by atoms with Gasteiger partial charge in [-0.05, 0) is 49.9 Å². The predicted octanol–water partition coefficient (Wildman–Crippen LogP) is 4.34. The molecule has 6 heteroatoms. The fourth-order valence-electron chi connectivity index (χ4n) is 2.81. The van der Waals surface area contributed by atoms with Crippen molar-refractivity contribution in [2.45, 2.75) is 37.7 Å². The third-order valence-corrected chi connectivity index (χ3v) is 4.25. The fraction of sp³-hybridized carbons (Fsp3) is 0.375. The van der Waals surface area contributed by atoms with E-state index in [0.717, 1.165) is 25.7 Å². The van der Waals surface area contributed by atoms with Crippen molar-refractivity contribution in [3.63, 3.8) is 0 Å². The number of carbonyl (C=O) groups is 1. The number of H-pyrrole nitrogens is 1. The standard InChI is InChI=1S/C16H18ClN3O2/c17-12-3-5-13(6-4-12)20-16(21)22-14-7-1-11(2-8-14)15-9-18-10-19-15/h3-6,9-11,14H,1-2,7-8H2,(H,18,19)(H,20,21). The van der Waals surface area contributed by atoms with Gasteiger partial charge in [0.05, 0.1) is 6.33 Å². The Labute approximate surface area is 134 Å². The first kappa shape index (κ1) is 14.9. The molecule has 1 aliphatic carbocycles. The summed E-state index contributed by atoms with van der Waals surface area (Å²) in [5.41, 5.74) is 1.85. The van der Waals surface area contributed by atoms with Gasteiger partial charge < -0.3 is 9.72 Å². The monoisotopic (exact) mass is 319 g/mol. The van der Waals surface area contributed by atoms with Crippen LogP contribution >= 0.6 is 11.6 Å². The maximum absolute atomic E-state index is 11.9. The number of imidazole rings is 1. The highest BCUT2D eigenvalue weighted by molar-refractivity contribution is 6.30. The molecule has 0 spiro atoms. The third-order valence-electron chi connectivity index (χ3n) is 4.00. The lowest BCUT2D eigenvalue weighted by Gasteiger charge is -2.27. The van der Waals surface area contributed by atoms with Crippen molar-refractivity contribution in [3.05, 3.63) is 47.5 Å². The molecule has 0 atom stereocenters. The quantitative estimate of drug-likeness (QED) is 0.884. The van der Waals surface area contributed by atoms with E-state index in [1.807, 2.05) is 6.20 Å². The van der Waals surface area contributed by atoms with Gasteiger partial charge in [0, 0.05) is 28.5 Å². The molecule has 1 aliphatic rings. The second-order valence-electron chi connectivity index (χ2n) is 5.52. The van der Waals surface area contributed by atoms with Gasteiger partial charge in [0.1, 0.15) is 6.10 Å². The summed E-state index contributed by atoms with van der Waals surface area (Å²) < 4.78 is 5.48. The van der Waals surface area contributed by atoms with E-state index in [1.165, 1.54) is 5.69 Å². The Kier molecular flexibility index (Phi) is 4.63. The molecule has 2 aromatic rings. The van der Waals surface area contributed by atoms with Gasteiger partial charge >= 0.3 is 6.09 Å². The number of aromatic amines is 1. The van der Waals surface area contributed by atoms with Crippen LogP contribution in [-0.2, 0) is 4.74 Å². The average Bonchev–Trinajstić information content (AvgIpc) is 3.05. The smallest absolute Gasteiger partial charge is 0.411 e. The minimum atomic E-state index is -0.410. The highest BCUT2D eigenvalue weighted by Gasteiger charge is 2.25. The van der Waals surface area contributed by atoms with Crippen molar-refractivity contribution in [2.75, 3.05) is 5.32 Å². The van der Waals surface area contributed by atoms with E-state index in [0.29, 0.717) is 16.6 Å². The highest BCUT2D eigenvalue weighted by atomic mass is 35.5. The number of rotatable bonds is 3. The molecule has 0 radical (unpaired) electrons. The number of aromatic nitrogens is 2. The van der Waals surface area contributed by atoms with E-state index in [1.54, 1.807) is 30.6 Å². The number of halogens is 1. The van der Waals surface area contributed by atoms with Crippen LogP contribution < -0.4 is 5.32 Å². The molecule has 1 saturated carbocycles. The summed E-state index contributed by atoms with van der Waals surface area (Å²) in [5, 5.41) is 3.35. The lowest BCUT2D eigenvalue weighted by atomic mass is 9.85. The number of hydrogen-bond acceptors (Lipinski definition) is 3. The van der Waals surface area contributed by atoms with Gasteiger partial charge in [-0.3, -0.25) is 5.32 Å². The van der Waals surface area contributed by atoms with E-state index >= 15 is 0 Å². The van der Waals surface area contributed by atoms with Crippen molar-refractivity contribution in [1.29, 1.82) is 0 Å². The first-order valence-corrected chi connectivity index (χ1v) is 7.80. The van der Waals surface area contributed by atoms with Crippen LogP contribution in [0, 0.1) is 0 Å². The average molecular weight is 320 g/mol. The highest BCUT2D eigenvalue weighted by Crippen LogP contribution is 2.32. The molecule has 1 aromatic carbocycles. The van der Waals surface area contributed by atoms with Crippen LogP contribution in [-0.4, -0.2) is 22.2 Å². The summed E-state index contributed by atoms with van der Waals surface area (Å²) >= 11 is 5.81. The summed E-state index contributed by atoms with van der Waals surface area (Å²) in [5.74, 6) is 0.488. The fourth-order valence-corrected chi connectivity index (χ4v) is 2.94. The molecule has 1 heterocycles. The van der Waals surface area contributed by atoms with E-state index in [2.05, 4.69) is 15.3 Å². The largest absolute Gasteiger partial charge is 0.446 e. The zero-order chi connectivity index (χ0) is 15.4. The Hall–Kier alpha value is -2.01. The van der Waals surface area contributed by atoms with Gasteiger partial charge in [0.25, 0.3) is 0 Å². The summed E-state index contributed by atoms with van der Waals surface area (Å²) in [4.78, 5) is 19.1. The number of anilines is 1. The molecule has 3 rings (SSSR count). The Morgan fingerprint density at radius 2 is 1.95 bits per heavy atom. The van der Waals surface area contributed by atoms with Crippen molar-refractivity contribution in [1.82, 2.24) is 9.97 Å². The van der Waals surface area contributed by atoms with Crippen molar-refractivity contribution >= 4 is 23.4 Å². The Morgan fingerprint density at radius 3 is 2.59 bits per heavy atom. The van der Waals surface area contributed by atoms with Gasteiger partial charge in [0.15, 0.2) is 0 Å². The minimum absolute atomic E-state index is 0.0218. The number of nitrogens with one attached hydrogen (secondary N) is 2. The maximum atomic E-state index is 11.9. The SMILES string of the molecule is O=C(Nc1ccc(Cl)cc1)OC1CCC(c2cnc[nH]2)CC1. The van der Waals surface area contributed by atoms with Crippen LogP contribution in [0.15, 0.2) is 36.8 Å². The lowest BCUT2D eigenvalue weighted by Crippen LogP contribution is -2.26. The van der Waals surface area contributed by atoms with E-state index in [-0.39, 0.29) is 6.10 Å². The second kappa shape index (κ2) is 6.83. The molecule has 5 nitrogen and oxygen atoms in total. The first-order valence-electron chi connectivity index (χ1n) is 7.42. The Balaban J connectivity index is 1.46. The van der Waals surface area contributed by atoms with Gasteiger partial charge in [-0.15, -0.1) is 0 Å². The number of amides is 1. The topological polar surface area (TPSA) is 67.0 Å². The summed E-state index contributed by atoms with van der Waals surface area (Å²) in [7, 11) is 0. The normalized spacial score (nSPS) is 21.3. The molecule has 116 valence electrons. The first-order chi connectivity index (χ1) is 10.7. The van der Waals surface area contributed by atoms with Crippen LogP contribution in [0.4, 0.5) is 10.5 Å². The zero-order valence-electron chi connectivity index (χ0n) is 12.1. The summed E-state index contributed by atoms with van der Waals surface area (Å²) in [6.07, 6.45) is 6.90. The van der Waals surface area contributed by atoms with Crippen molar-refractivity contribution in [3.8, 4) is 0 Å². The van der Waals surface area contributed by atoms with Gasteiger partial charge in [-0.25, -0.2) is 9.78 Å². The molecule has 1 amide bonds. The lowest BCUT2D eigenvalue weighted by molar-refractivity contribution is 0.0819. The van der Waals surface area contributed by atoms with Crippen molar-refractivity contribution in [2.24, 2.45) is 0 Å². The van der Waals surface area contributed by atoms with E-state index in [4.69, 9.17) is 16.3 Å². The van der Waals surface area contributed by atoms with Crippen LogP contribution in [0.2, 0.25) is 5.02 Å². The molecule has 0 saturated heterocycles. The van der Waals surface area contributed by atoms with Gasteiger partial charge in [0.2, 0.25) is 0 Å². The molecule has 1 fully saturated rings. The van der Waals surface area contributed by atoms with Crippen LogP contribution in [0.25, 0.3) is 0 Å². The number of nitrogens with zero attached hydrogens (tertiary/aromatic N) is 1. The van der Waals surface area contributed by atoms with Crippen LogP contribution in [0.1, 0.15) is 37.3 Å². The van der Waals surface area contributed by atoms with Crippen LogP contribution in [0.5, 0.6) is 0 Å². The third kappa shape index (κ3) is 3.80. The van der Waals surface area contributed by atoms with Gasteiger partial charge in [-0.2, -0.15) is 0 Å². The van der Waals surface area contributed by atoms with Crippen LogP contribution in [0.3, 0.4) is 0 Å². The molecule has 0 bridgehead atoms. The van der Waals surface area contributed by atoms with E-state index < -0.39 is 6.09 Å². The zero-order valence-corrected chi connectivity index (χ0v) is 12.8. The number of ether oxygens (including phenoxy) is 1. The molecule has 22 heavy (non-hydrogen) atoms. The van der Waals surface area contributed by atoms with Crippen molar-refractivity contribution < 1.29 is 9.53 Å². The molecule has 0 aliphatic heterocycles. The minimum Gasteiger partial charge on any atom is -0.446 e. The van der Waals surface area contributed by atoms with Gasteiger partial charge in [-0.1, -0.05) is 11.6 Å². The number of benzene rings is 1. The molecule has 2 N–H and O–H groups in total. The summed E-state index contributed by atoms with van der Waals surface area (Å²) in [6.45, 7) is 0. The van der Waals surface area contributed by atoms with E-state index in [9.17, 15) is 4.79 Å².